The molecule has 146 valence electrons. The van der Waals surface area contributed by atoms with Crippen LogP contribution in [-0.2, 0) is 19.1 Å². The summed E-state index contributed by atoms with van der Waals surface area (Å²) in [5, 5.41) is 0. The summed E-state index contributed by atoms with van der Waals surface area (Å²) in [6, 6.07) is 4.37. The number of piperidine rings is 1. The Morgan fingerprint density at radius 2 is 1.96 bits per heavy atom. The molecule has 1 aromatic heterocycles. The van der Waals surface area contributed by atoms with Crippen LogP contribution < -0.4 is 0 Å². The molecule has 6 nitrogen and oxygen atoms in total. The summed E-state index contributed by atoms with van der Waals surface area (Å²) in [5.74, 6) is 3.97. The SMILES string of the molecule is CCOC(=O)C(CC#CCN1CCCCC1c1cccnc1)C(=O)OCC. The van der Waals surface area contributed by atoms with Crippen molar-refractivity contribution in [3.05, 3.63) is 30.1 Å². The number of likely N-dealkylation sites (tertiary alicyclic amines) is 1. The predicted octanol–water partition coefficient (Wildman–Crippen LogP) is 2.74. The van der Waals surface area contributed by atoms with Gasteiger partial charge in [-0.15, -0.1) is 5.92 Å². The second-order valence-corrected chi connectivity index (χ2v) is 6.38. The van der Waals surface area contributed by atoms with Crippen LogP contribution in [0.15, 0.2) is 24.5 Å². The number of carbonyl (C=O) groups is 2. The van der Waals surface area contributed by atoms with Crippen LogP contribution in [0.2, 0.25) is 0 Å². The van der Waals surface area contributed by atoms with Crippen LogP contribution in [0.1, 0.15) is 51.1 Å². The van der Waals surface area contributed by atoms with E-state index in [0.29, 0.717) is 12.6 Å². The summed E-state index contributed by atoms with van der Waals surface area (Å²) in [5.41, 5.74) is 1.20. The molecule has 0 aliphatic carbocycles. The molecule has 0 bridgehead atoms. The van der Waals surface area contributed by atoms with E-state index in [9.17, 15) is 9.59 Å². The van der Waals surface area contributed by atoms with Crippen LogP contribution in [0.5, 0.6) is 0 Å². The van der Waals surface area contributed by atoms with Gasteiger partial charge in [-0.25, -0.2) is 0 Å². The Labute approximate surface area is 161 Å². The van der Waals surface area contributed by atoms with Gasteiger partial charge in [0, 0.05) is 24.9 Å². The monoisotopic (exact) mass is 372 g/mol. The molecule has 1 atom stereocenters. The third kappa shape index (κ3) is 6.37. The minimum atomic E-state index is -0.979. The minimum Gasteiger partial charge on any atom is -0.465 e. The van der Waals surface area contributed by atoms with E-state index in [1.54, 1.807) is 20.0 Å². The number of hydrogen-bond acceptors (Lipinski definition) is 6. The zero-order valence-corrected chi connectivity index (χ0v) is 16.1. The third-order valence-electron chi connectivity index (χ3n) is 4.54. The molecule has 0 radical (unpaired) electrons. The van der Waals surface area contributed by atoms with Gasteiger partial charge in [-0.3, -0.25) is 19.5 Å². The number of pyridine rings is 1. The van der Waals surface area contributed by atoms with Crippen LogP contribution >= 0.6 is 0 Å². The van der Waals surface area contributed by atoms with Crippen molar-refractivity contribution < 1.29 is 19.1 Å². The smallest absolute Gasteiger partial charge is 0.321 e. The Balaban J connectivity index is 1.98. The first-order valence-corrected chi connectivity index (χ1v) is 9.60. The molecule has 0 amide bonds. The van der Waals surface area contributed by atoms with Gasteiger partial charge in [-0.2, -0.15) is 0 Å². The molecule has 2 heterocycles. The molecular formula is C21H28N2O4. The number of aromatic nitrogens is 1. The minimum absolute atomic E-state index is 0.114. The number of hydrogen-bond donors (Lipinski definition) is 0. The molecule has 1 unspecified atom stereocenters. The maximum Gasteiger partial charge on any atom is 0.321 e. The van der Waals surface area contributed by atoms with Gasteiger partial charge in [0.15, 0.2) is 5.92 Å². The van der Waals surface area contributed by atoms with Crippen molar-refractivity contribution in [2.45, 2.75) is 45.6 Å². The molecule has 1 fully saturated rings. The first kappa shape index (κ1) is 20.9. The highest BCUT2D eigenvalue weighted by atomic mass is 16.6. The van der Waals surface area contributed by atoms with Gasteiger partial charge in [-0.1, -0.05) is 18.4 Å². The highest BCUT2D eigenvalue weighted by Crippen LogP contribution is 2.29. The Kier molecular flexibility index (Phi) is 8.79. The second-order valence-electron chi connectivity index (χ2n) is 6.38. The van der Waals surface area contributed by atoms with Crippen molar-refractivity contribution in [2.24, 2.45) is 5.92 Å². The lowest BCUT2D eigenvalue weighted by Gasteiger charge is -2.34. The van der Waals surface area contributed by atoms with Crippen LogP contribution in [0.3, 0.4) is 0 Å². The van der Waals surface area contributed by atoms with E-state index in [4.69, 9.17) is 9.47 Å². The molecule has 2 rings (SSSR count). The Morgan fingerprint density at radius 3 is 2.59 bits per heavy atom. The number of carbonyl (C=O) groups excluding carboxylic acids is 2. The summed E-state index contributed by atoms with van der Waals surface area (Å²) in [4.78, 5) is 30.5. The maximum absolute atomic E-state index is 12.0. The van der Waals surface area contributed by atoms with Crippen molar-refractivity contribution in [3.8, 4) is 11.8 Å². The normalized spacial score (nSPS) is 17.1. The van der Waals surface area contributed by atoms with Crippen molar-refractivity contribution in [3.63, 3.8) is 0 Å². The first-order valence-electron chi connectivity index (χ1n) is 9.60. The van der Waals surface area contributed by atoms with E-state index in [2.05, 4.69) is 27.8 Å². The second kappa shape index (κ2) is 11.3. The molecule has 0 N–H and O–H groups in total. The molecular weight excluding hydrogens is 344 g/mol. The van der Waals surface area contributed by atoms with Crippen LogP contribution in [0.25, 0.3) is 0 Å². The lowest BCUT2D eigenvalue weighted by atomic mass is 9.96. The average Bonchev–Trinajstić information content (AvgIpc) is 2.69. The van der Waals surface area contributed by atoms with E-state index in [1.165, 1.54) is 12.0 Å². The highest BCUT2D eigenvalue weighted by molar-refractivity contribution is 5.95. The van der Waals surface area contributed by atoms with Gasteiger partial charge in [0.05, 0.1) is 19.8 Å². The van der Waals surface area contributed by atoms with Crippen LogP contribution in [0, 0.1) is 17.8 Å². The van der Waals surface area contributed by atoms with Crippen molar-refractivity contribution in [1.29, 1.82) is 0 Å². The van der Waals surface area contributed by atoms with Gasteiger partial charge in [0.2, 0.25) is 0 Å². The molecule has 27 heavy (non-hydrogen) atoms. The summed E-state index contributed by atoms with van der Waals surface area (Å²) in [6.07, 6.45) is 7.23. The number of rotatable bonds is 7. The molecule has 6 heteroatoms. The lowest BCUT2D eigenvalue weighted by Crippen LogP contribution is -2.33. The van der Waals surface area contributed by atoms with E-state index in [1.807, 2.05) is 12.3 Å². The van der Waals surface area contributed by atoms with Gasteiger partial charge in [-0.05, 0) is 44.9 Å². The van der Waals surface area contributed by atoms with Gasteiger partial charge >= 0.3 is 11.9 Å². The zero-order chi connectivity index (χ0) is 19.5. The number of ether oxygens (including phenoxy) is 2. The third-order valence-corrected chi connectivity index (χ3v) is 4.54. The number of esters is 2. The van der Waals surface area contributed by atoms with E-state index in [-0.39, 0.29) is 19.6 Å². The van der Waals surface area contributed by atoms with Crippen molar-refractivity contribution in [1.82, 2.24) is 9.88 Å². The quantitative estimate of drug-likeness (QED) is 0.416. The maximum atomic E-state index is 12.0. The van der Waals surface area contributed by atoms with Gasteiger partial charge < -0.3 is 9.47 Å². The fourth-order valence-electron chi connectivity index (χ4n) is 3.21. The standard InChI is InChI=1S/C21H28N2O4/c1-3-26-20(24)18(21(25)27-4-2)11-5-7-14-23-15-8-6-12-19(23)17-10-9-13-22-16-17/h9-10,13,16,18-19H,3-4,6,8,11-12,14-15H2,1-2H3. The van der Waals surface area contributed by atoms with Gasteiger partial charge in [0.1, 0.15) is 0 Å². The molecule has 1 aliphatic heterocycles. The average molecular weight is 372 g/mol. The zero-order valence-electron chi connectivity index (χ0n) is 16.1. The topological polar surface area (TPSA) is 68.7 Å². The number of nitrogens with zero attached hydrogens (tertiary/aromatic N) is 2. The molecule has 1 aliphatic rings. The fourth-order valence-corrected chi connectivity index (χ4v) is 3.21. The Hall–Kier alpha value is -2.39. The van der Waals surface area contributed by atoms with Crippen LogP contribution in [0.4, 0.5) is 0 Å². The predicted molar refractivity (Wildman–Crippen MR) is 102 cm³/mol. The molecule has 0 spiro atoms. The summed E-state index contributed by atoms with van der Waals surface area (Å²) < 4.78 is 9.94. The van der Waals surface area contributed by atoms with E-state index < -0.39 is 17.9 Å². The van der Waals surface area contributed by atoms with E-state index in [0.717, 1.165) is 19.4 Å². The fraction of sp³-hybridized carbons (Fsp3) is 0.571. The molecule has 0 aromatic carbocycles. The molecule has 0 saturated carbocycles. The molecule has 1 aromatic rings. The van der Waals surface area contributed by atoms with E-state index >= 15 is 0 Å². The van der Waals surface area contributed by atoms with Crippen molar-refractivity contribution in [2.75, 3.05) is 26.3 Å². The highest BCUT2D eigenvalue weighted by Gasteiger charge is 2.28. The van der Waals surface area contributed by atoms with Crippen LogP contribution in [-0.4, -0.2) is 48.1 Å². The summed E-state index contributed by atoms with van der Waals surface area (Å²) in [6.45, 7) is 5.44. The van der Waals surface area contributed by atoms with Crippen molar-refractivity contribution >= 4 is 11.9 Å². The van der Waals surface area contributed by atoms with Gasteiger partial charge in [0.25, 0.3) is 0 Å². The Morgan fingerprint density at radius 1 is 1.22 bits per heavy atom. The lowest BCUT2D eigenvalue weighted by molar-refractivity contribution is -0.161. The summed E-state index contributed by atoms with van der Waals surface area (Å²) in [7, 11) is 0. The Bertz CT molecular complexity index is 648. The first-order chi connectivity index (χ1) is 13.2. The molecule has 1 saturated heterocycles. The largest absolute Gasteiger partial charge is 0.465 e. The summed E-state index contributed by atoms with van der Waals surface area (Å²) >= 11 is 0.